The molecule has 13 heavy (non-hydrogen) atoms. The molecule has 0 aliphatic rings. The highest BCUT2D eigenvalue weighted by Crippen LogP contribution is 2.05. The van der Waals surface area contributed by atoms with Gasteiger partial charge in [0.15, 0.2) is 5.78 Å². The summed E-state index contributed by atoms with van der Waals surface area (Å²) in [6, 6.07) is 7.29. The summed E-state index contributed by atoms with van der Waals surface area (Å²) in [5.41, 5.74) is 1.76. The van der Waals surface area contributed by atoms with E-state index in [1.807, 2.05) is 19.1 Å². The fraction of sp³-hybridized carbons (Fsp3) is 0.200. The zero-order valence-electron chi connectivity index (χ0n) is 7.40. The monoisotopic (exact) mass is 177 g/mol. The molecule has 1 N–H and O–H groups in total. The van der Waals surface area contributed by atoms with Crippen molar-refractivity contribution in [2.24, 2.45) is 5.16 Å². The molecule has 0 saturated carbocycles. The molecule has 0 atom stereocenters. The second-order valence-electron chi connectivity index (χ2n) is 2.79. The van der Waals surface area contributed by atoms with Gasteiger partial charge in [-0.15, -0.1) is 5.16 Å². The van der Waals surface area contributed by atoms with Crippen LogP contribution in [0.2, 0.25) is 0 Å². The van der Waals surface area contributed by atoms with Crippen molar-refractivity contribution in [3.8, 4) is 0 Å². The van der Waals surface area contributed by atoms with Crippen LogP contribution in [0.5, 0.6) is 0 Å². The van der Waals surface area contributed by atoms with Crippen LogP contribution in [-0.2, 0) is 0 Å². The first-order valence-corrected chi connectivity index (χ1v) is 4.00. The van der Waals surface area contributed by atoms with Crippen LogP contribution < -0.4 is 0 Å². The van der Waals surface area contributed by atoms with Crippen molar-refractivity contribution in [2.75, 3.05) is 0 Å². The molecule has 0 spiro atoms. The molecular weight excluding hydrogens is 166 g/mol. The molecule has 0 amide bonds. The van der Waals surface area contributed by atoms with Crippen LogP contribution in [0.25, 0.3) is 0 Å². The SMILES string of the molecule is Cc1ccc(C(=O)C/C=N/O)cc1. The number of rotatable bonds is 3. The molecule has 0 heterocycles. The lowest BCUT2D eigenvalue weighted by atomic mass is 10.1. The van der Waals surface area contributed by atoms with E-state index in [4.69, 9.17) is 5.21 Å². The molecule has 0 aliphatic carbocycles. The highest BCUT2D eigenvalue weighted by atomic mass is 16.4. The van der Waals surface area contributed by atoms with Crippen molar-refractivity contribution in [3.63, 3.8) is 0 Å². The van der Waals surface area contributed by atoms with E-state index in [1.54, 1.807) is 12.1 Å². The van der Waals surface area contributed by atoms with Crippen LogP contribution in [0.15, 0.2) is 29.4 Å². The van der Waals surface area contributed by atoms with Crippen molar-refractivity contribution in [3.05, 3.63) is 35.4 Å². The summed E-state index contributed by atoms with van der Waals surface area (Å²) < 4.78 is 0. The van der Waals surface area contributed by atoms with E-state index in [0.29, 0.717) is 5.56 Å². The molecule has 68 valence electrons. The molecule has 0 aromatic heterocycles. The van der Waals surface area contributed by atoms with Crippen LogP contribution in [0, 0.1) is 6.92 Å². The Morgan fingerprint density at radius 2 is 2.08 bits per heavy atom. The molecule has 3 heteroatoms. The van der Waals surface area contributed by atoms with E-state index in [1.165, 1.54) is 6.21 Å². The largest absolute Gasteiger partial charge is 0.411 e. The van der Waals surface area contributed by atoms with Crippen LogP contribution in [0.3, 0.4) is 0 Å². The minimum atomic E-state index is -0.0437. The van der Waals surface area contributed by atoms with Gasteiger partial charge in [0.1, 0.15) is 0 Å². The Bertz CT molecular complexity index is 314. The molecule has 3 nitrogen and oxygen atoms in total. The first-order chi connectivity index (χ1) is 6.24. The third-order valence-corrected chi connectivity index (χ3v) is 1.73. The van der Waals surface area contributed by atoms with E-state index in [9.17, 15) is 4.79 Å². The summed E-state index contributed by atoms with van der Waals surface area (Å²) >= 11 is 0. The predicted octanol–water partition coefficient (Wildman–Crippen LogP) is 2.03. The van der Waals surface area contributed by atoms with Crippen molar-refractivity contribution in [1.82, 2.24) is 0 Å². The number of aryl methyl sites for hydroxylation is 1. The van der Waals surface area contributed by atoms with Crippen LogP contribution in [0.1, 0.15) is 22.3 Å². The van der Waals surface area contributed by atoms with E-state index in [2.05, 4.69) is 5.16 Å². The molecule has 0 fully saturated rings. The lowest BCUT2D eigenvalue weighted by molar-refractivity contribution is 0.100. The molecule has 0 saturated heterocycles. The smallest absolute Gasteiger partial charge is 0.168 e. The van der Waals surface area contributed by atoms with Gasteiger partial charge < -0.3 is 5.21 Å². The van der Waals surface area contributed by atoms with Gasteiger partial charge in [0.25, 0.3) is 0 Å². The highest BCUT2D eigenvalue weighted by molar-refractivity contribution is 6.03. The number of carbonyl (C=O) groups excluding carboxylic acids is 1. The minimum Gasteiger partial charge on any atom is -0.411 e. The van der Waals surface area contributed by atoms with Gasteiger partial charge in [0, 0.05) is 12.0 Å². The Balaban J connectivity index is 2.72. The van der Waals surface area contributed by atoms with E-state index < -0.39 is 0 Å². The standard InChI is InChI=1S/C10H11NO2/c1-8-2-4-9(5-3-8)10(12)6-7-11-13/h2-5,7,13H,6H2,1H3/b11-7+. The fourth-order valence-corrected chi connectivity index (χ4v) is 0.981. The Morgan fingerprint density at radius 1 is 1.46 bits per heavy atom. The van der Waals surface area contributed by atoms with Gasteiger partial charge in [-0.3, -0.25) is 4.79 Å². The predicted molar refractivity (Wildman–Crippen MR) is 50.4 cm³/mol. The van der Waals surface area contributed by atoms with Gasteiger partial charge >= 0.3 is 0 Å². The molecular formula is C10H11NO2. The van der Waals surface area contributed by atoms with E-state index in [-0.39, 0.29) is 12.2 Å². The highest BCUT2D eigenvalue weighted by Gasteiger charge is 2.02. The van der Waals surface area contributed by atoms with Gasteiger partial charge in [0.2, 0.25) is 0 Å². The van der Waals surface area contributed by atoms with Crippen molar-refractivity contribution >= 4 is 12.0 Å². The second kappa shape index (κ2) is 4.40. The second-order valence-corrected chi connectivity index (χ2v) is 2.79. The number of hydrogen-bond donors (Lipinski definition) is 1. The third-order valence-electron chi connectivity index (χ3n) is 1.73. The average Bonchev–Trinajstić information content (AvgIpc) is 2.15. The van der Waals surface area contributed by atoms with Crippen molar-refractivity contribution in [2.45, 2.75) is 13.3 Å². The topological polar surface area (TPSA) is 49.7 Å². The van der Waals surface area contributed by atoms with Crippen molar-refractivity contribution < 1.29 is 10.0 Å². The molecule has 0 aliphatic heterocycles. The molecule has 0 bridgehead atoms. The Kier molecular flexibility index (Phi) is 3.20. The molecule has 1 aromatic rings. The molecule has 1 rings (SSSR count). The van der Waals surface area contributed by atoms with Crippen LogP contribution in [0.4, 0.5) is 0 Å². The first-order valence-electron chi connectivity index (χ1n) is 4.00. The quantitative estimate of drug-likeness (QED) is 0.332. The molecule has 1 aromatic carbocycles. The average molecular weight is 177 g/mol. The number of ketones is 1. The molecule has 0 unspecified atom stereocenters. The summed E-state index contributed by atoms with van der Waals surface area (Å²) in [7, 11) is 0. The van der Waals surface area contributed by atoms with Crippen molar-refractivity contribution in [1.29, 1.82) is 0 Å². The number of oxime groups is 1. The van der Waals surface area contributed by atoms with Gasteiger partial charge in [-0.1, -0.05) is 29.8 Å². The number of benzene rings is 1. The van der Waals surface area contributed by atoms with Gasteiger partial charge in [-0.05, 0) is 6.92 Å². The van der Waals surface area contributed by atoms with Gasteiger partial charge in [-0.2, -0.15) is 0 Å². The Labute approximate surface area is 76.7 Å². The summed E-state index contributed by atoms with van der Waals surface area (Å²) in [6.07, 6.45) is 1.32. The zero-order chi connectivity index (χ0) is 9.68. The van der Waals surface area contributed by atoms with Gasteiger partial charge in [0.05, 0.1) is 6.21 Å². The number of Topliss-reactive ketones (excluding diaryl/α,β-unsaturated/α-hetero) is 1. The summed E-state index contributed by atoms with van der Waals surface area (Å²) in [6.45, 7) is 1.96. The lowest BCUT2D eigenvalue weighted by Gasteiger charge is -1.97. The zero-order valence-corrected chi connectivity index (χ0v) is 7.40. The maximum absolute atomic E-state index is 11.3. The van der Waals surface area contributed by atoms with Crippen LogP contribution in [-0.4, -0.2) is 17.2 Å². The van der Waals surface area contributed by atoms with E-state index in [0.717, 1.165) is 5.56 Å². The number of carbonyl (C=O) groups is 1. The number of nitrogens with zero attached hydrogens (tertiary/aromatic N) is 1. The van der Waals surface area contributed by atoms with E-state index >= 15 is 0 Å². The van der Waals surface area contributed by atoms with Crippen LogP contribution >= 0.6 is 0 Å². The minimum absolute atomic E-state index is 0.0437. The fourth-order valence-electron chi connectivity index (χ4n) is 0.981. The summed E-state index contributed by atoms with van der Waals surface area (Å²) in [5, 5.41) is 10.9. The Morgan fingerprint density at radius 3 is 2.62 bits per heavy atom. The van der Waals surface area contributed by atoms with Gasteiger partial charge in [-0.25, -0.2) is 0 Å². The third kappa shape index (κ3) is 2.71. The maximum Gasteiger partial charge on any atom is 0.168 e. The normalized spacial score (nSPS) is 10.5. The number of hydrogen-bond acceptors (Lipinski definition) is 3. The Hall–Kier alpha value is -1.64. The maximum atomic E-state index is 11.3. The lowest BCUT2D eigenvalue weighted by Crippen LogP contribution is -1.99. The summed E-state index contributed by atoms with van der Waals surface area (Å²) in [4.78, 5) is 11.3. The molecule has 0 radical (unpaired) electrons. The summed E-state index contributed by atoms with van der Waals surface area (Å²) in [5.74, 6) is -0.0437. The first kappa shape index (κ1) is 9.45.